The molecule has 0 bridgehead atoms. The number of carbonyl (C=O) groups is 1. The van der Waals surface area contributed by atoms with Crippen LogP contribution in [0.1, 0.15) is 5.69 Å². The maximum absolute atomic E-state index is 12.2. The summed E-state index contributed by atoms with van der Waals surface area (Å²) in [5.41, 5.74) is 4.69. The quantitative estimate of drug-likeness (QED) is 0.467. The highest BCUT2D eigenvalue weighted by molar-refractivity contribution is 6.01. The molecule has 0 spiro atoms. The fraction of sp³-hybridized carbons (Fsp3) is 0. The summed E-state index contributed by atoms with van der Waals surface area (Å²) in [6.45, 7) is 0. The van der Waals surface area contributed by atoms with Crippen LogP contribution in [0.25, 0.3) is 34.0 Å². The molecule has 0 fully saturated rings. The van der Waals surface area contributed by atoms with Crippen LogP contribution in [-0.2, 0) is 4.79 Å². The summed E-state index contributed by atoms with van der Waals surface area (Å²) in [6.07, 6.45) is 8.05. The van der Waals surface area contributed by atoms with Crippen LogP contribution < -0.4 is 5.32 Å². The van der Waals surface area contributed by atoms with Gasteiger partial charge in [-0.1, -0.05) is 24.3 Å². The number of fused-ring (bicyclic) bond motifs is 2. The smallest absolute Gasteiger partial charge is 0.248 e. The van der Waals surface area contributed by atoms with E-state index in [9.17, 15) is 4.79 Å². The zero-order valence-corrected chi connectivity index (χ0v) is 15.8. The Bertz CT molecular complexity index is 1390. The van der Waals surface area contributed by atoms with E-state index in [1.165, 1.54) is 6.08 Å². The lowest BCUT2D eigenvalue weighted by Crippen LogP contribution is -2.08. The van der Waals surface area contributed by atoms with Crippen molar-refractivity contribution in [2.45, 2.75) is 0 Å². The molecule has 5 aromatic rings. The number of nitrogens with zero attached hydrogens (tertiary/aromatic N) is 5. The maximum Gasteiger partial charge on any atom is 0.248 e. The maximum atomic E-state index is 12.2. The summed E-state index contributed by atoms with van der Waals surface area (Å²) in [5, 5.41) is 2.80. The number of amides is 1. The zero-order valence-electron chi connectivity index (χ0n) is 15.8. The standard InChI is InChI=1S/C23H16N6O/c30-23(12-10-16-13-24-18-5-1-2-6-19(18)27-16)28-17-9-11-22(25-14-17)29-15-26-20-7-3-4-8-21(20)29/h1-15H,(H,28,30)/b12-10+. The largest absolute Gasteiger partial charge is 0.321 e. The molecule has 30 heavy (non-hydrogen) atoms. The second-order valence-electron chi connectivity index (χ2n) is 6.61. The summed E-state index contributed by atoms with van der Waals surface area (Å²) in [5.74, 6) is 0.455. The number of imidazole rings is 1. The molecule has 3 aromatic heterocycles. The minimum Gasteiger partial charge on any atom is -0.321 e. The molecule has 5 rings (SSSR count). The van der Waals surface area contributed by atoms with E-state index in [4.69, 9.17) is 0 Å². The van der Waals surface area contributed by atoms with Gasteiger partial charge in [0.1, 0.15) is 12.1 Å². The molecule has 7 nitrogen and oxygen atoms in total. The van der Waals surface area contributed by atoms with E-state index < -0.39 is 0 Å². The van der Waals surface area contributed by atoms with Gasteiger partial charge in [0, 0.05) is 6.08 Å². The summed E-state index contributed by atoms with van der Waals surface area (Å²) >= 11 is 0. The molecule has 144 valence electrons. The molecule has 0 unspecified atom stereocenters. The van der Waals surface area contributed by atoms with Crippen molar-refractivity contribution < 1.29 is 4.79 Å². The number of para-hydroxylation sites is 4. The van der Waals surface area contributed by atoms with Gasteiger partial charge in [0.25, 0.3) is 0 Å². The van der Waals surface area contributed by atoms with Crippen molar-refractivity contribution in [3.8, 4) is 5.82 Å². The first kappa shape index (κ1) is 17.7. The molecule has 1 amide bonds. The van der Waals surface area contributed by atoms with Crippen LogP contribution in [0.2, 0.25) is 0 Å². The Morgan fingerprint density at radius 1 is 0.833 bits per heavy atom. The average Bonchev–Trinajstić information content (AvgIpc) is 3.22. The predicted octanol–water partition coefficient (Wildman–Crippen LogP) is 4.02. The van der Waals surface area contributed by atoms with Gasteiger partial charge in [-0.05, 0) is 42.5 Å². The lowest BCUT2D eigenvalue weighted by molar-refractivity contribution is -0.111. The lowest BCUT2D eigenvalue weighted by atomic mass is 10.3. The van der Waals surface area contributed by atoms with Crippen LogP contribution in [-0.4, -0.2) is 30.4 Å². The fourth-order valence-electron chi connectivity index (χ4n) is 3.14. The van der Waals surface area contributed by atoms with Crippen molar-refractivity contribution >= 4 is 39.7 Å². The molecule has 0 saturated carbocycles. The van der Waals surface area contributed by atoms with Gasteiger partial charge in [-0.15, -0.1) is 0 Å². The molecular weight excluding hydrogens is 376 g/mol. The van der Waals surface area contributed by atoms with E-state index in [-0.39, 0.29) is 5.91 Å². The fourth-order valence-corrected chi connectivity index (χ4v) is 3.14. The molecular formula is C23H16N6O. The molecule has 2 aromatic carbocycles. The van der Waals surface area contributed by atoms with Gasteiger partial charge in [0.05, 0.1) is 45.8 Å². The van der Waals surface area contributed by atoms with Gasteiger partial charge in [-0.25, -0.2) is 15.0 Å². The van der Waals surface area contributed by atoms with Crippen molar-refractivity contribution in [3.05, 3.63) is 91.2 Å². The number of pyridine rings is 1. The SMILES string of the molecule is O=C(/C=C/c1cnc2ccccc2n1)Nc1ccc(-n2cnc3ccccc32)nc1. The second kappa shape index (κ2) is 7.56. The van der Waals surface area contributed by atoms with E-state index >= 15 is 0 Å². The summed E-state index contributed by atoms with van der Waals surface area (Å²) in [4.78, 5) is 29.9. The van der Waals surface area contributed by atoms with Crippen LogP contribution in [0.3, 0.4) is 0 Å². The number of benzene rings is 2. The number of nitrogens with one attached hydrogen (secondary N) is 1. The van der Waals surface area contributed by atoms with Gasteiger partial charge in [0.15, 0.2) is 0 Å². The number of hydrogen-bond donors (Lipinski definition) is 1. The van der Waals surface area contributed by atoms with Crippen LogP contribution in [0.15, 0.2) is 85.5 Å². The minimum absolute atomic E-state index is 0.271. The average molecular weight is 392 g/mol. The Kier molecular flexibility index (Phi) is 4.46. The zero-order chi connectivity index (χ0) is 20.3. The molecule has 0 aliphatic heterocycles. The van der Waals surface area contributed by atoms with Gasteiger partial charge in [0.2, 0.25) is 5.91 Å². The number of carbonyl (C=O) groups excluding carboxylic acids is 1. The molecule has 3 heterocycles. The van der Waals surface area contributed by atoms with Crippen molar-refractivity contribution in [2.24, 2.45) is 0 Å². The topological polar surface area (TPSA) is 85.6 Å². The molecule has 0 saturated heterocycles. The van der Waals surface area contributed by atoms with Crippen LogP contribution in [0, 0.1) is 0 Å². The van der Waals surface area contributed by atoms with Gasteiger partial charge in [-0.2, -0.15) is 0 Å². The van der Waals surface area contributed by atoms with Gasteiger partial charge < -0.3 is 5.32 Å². The third-order valence-corrected chi connectivity index (χ3v) is 4.59. The molecule has 0 atom stereocenters. The Morgan fingerprint density at radius 3 is 2.47 bits per heavy atom. The highest BCUT2D eigenvalue weighted by atomic mass is 16.1. The first-order chi connectivity index (χ1) is 14.8. The van der Waals surface area contributed by atoms with E-state index in [1.54, 1.807) is 30.9 Å². The number of aromatic nitrogens is 5. The molecule has 0 radical (unpaired) electrons. The number of rotatable bonds is 4. The molecule has 0 aliphatic rings. The van der Waals surface area contributed by atoms with Crippen LogP contribution in [0.5, 0.6) is 0 Å². The van der Waals surface area contributed by atoms with Crippen LogP contribution in [0.4, 0.5) is 5.69 Å². The Labute approximate surface area is 171 Å². The number of anilines is 1. The van der Waals surface area contributed by atoms with Crippen molar-refractivity contribution in [1.29, 1.82) is 0 Å². The van der Waals surface area contributed by atoms with E-state index in [1.807, 2.05) is 59.2 Å². The van der Waals surface area contributed by atoms with E-state index in [2.05, 4.69) is 25.3 Å². The Balaban J connectivity index is 1.29. The lowest BCUT2D eigenvalue weighted by Gasteiger charge is -2.05. The second-order valence-corrected chi connectivity index (χ2v) is 6.61. The van der Waals surface area contributed by atoms with Gasteiger partial charge in [-0.3, -0.25) is 14.3 Å². The first-order valence-corrected chi connectivity index (χ1v) is 9.36. The number of hydrogen-bond acceptors (Lipinski definition) is 5. The third kappa shape index (κ3) is 3.51. The molecule has 1 N–H and O–H groups in total. The monoisotopic (exact) mass is 392 g/mol. The normalized spacial score (nSPS) is 11.3. The van der Waals surface area contributed by atoms with E-state index in [0.29, 0.717) is 11.4 Å². The van der Waals surface area contributed by atoms with Crippen LogP contribution >= 0.6 is 0 Å². The minimum atomic E-state index is -0.271. The predicted molar refractivity (Wildman–Crippen MR) is 116 cm³/mol. The molecule has 0 aliphatic carbocycles. The van der Waals surface area contributed by atoms with E-state index in [0.717, 1.165) is 27.9 Å². The third-order valence-electron chi connectivity index (χ3n) is 4.59. The molecule has 7 heteroatoms. The van der Waals surface area contributed by atoms with Crippen molar-refractivity contribution in [3.63, 3.8) is 0 Å². The summed E-state index contributed by atoms with van der Waals surface area (Å²) in [7, 11) is 0. The summed E-state index contributed by atoms with van der Waals surface area (Å²) in [6, 6.07) is 19.1. The Morgan fingerprint density at radius 2 is 1.63 bits per heavy atom. The first-order valence-electron chi connectivity index (χ1n) is 9.36. The van der Waals surface area contributed by atoms with Crippen molar-refractivity contribution in [1.82, 2.24) is 24.5 Å². The van der Waals surface area contributed by atoms with Crippen molar-refractivity contribution in [2.75, 3.05) is 5.32 Å². The highest BCUT2D eigenvalue weighted by Crippen LogP contribution is 2.17. The summed E-state index contributed by atoms with van der Waals surface area (Å²) < 4.78 is 1.90. The Hall–Kier alpha value is -4.39. The van der Waals surface area contributed by atoms with Gasteiger partial charge >= 0.3 is 0 Å². The highest BCUT2D eigenvalue weighted by Gasteiger charge is 2.06.